The molecule has 0 spiro atoms. The van der Waals surface area contributed by atoms with Crippen molar-refractivity contribution < 1.29 is 9.53 Å². The number of benzene rings is 1. The van der Waals surface area contributed by atoms with Gasteiger partial charge in [-0.2, -0.15) is 0 Å². The minimum absolute atomic E-state index is 0.0810. The maximum absolute atomic E-state index is 11.9. The number of hydrogen-bond donors (Lipinski definition) is 1. The minimum atomic E-state index is -0.208. The molecule has 0 saturated heterocycles. The number of rotatable bonds is 8. The molecule has 0 amide bonds. The fraction of sp³-hybridized carbons (Fsp3) is 0.500. The van der Waals surface area contributed by atoms with Crippen molar-refractivity contribution >= 4 is 17.5 Å². The van der Waals surface area contributed by atoms with E-state index in [4.69, 9.17) is 4.74 Å². The number of ether oxygens (including phenoxy) is 1. The van der Waals surface area contributed by atoms with Gasteiger partial charge in [0.2, 0.25) is 0 Å². The van der Waals surface area contributed by atoms with Crippen LogP contribution in [0.3, 0.4) is 0 Å². The maximum atomic E-state index is 11.9. The second-order valence-electron chi connectivity index (χ2n) is 6.14. The Balaban J connectivity index is 2.24. The zero-order valence-corrected chi connectivity index (χ0v) is 16.2. The first-order valence-electron chi connectivity index (χ1n) is 8.24. The standard InChI is InChI=1S/C18H25N3O3S/c1-11-9-12(2)16(14(4)22)13(3)15(11)10-25-18-20-19-17(23)21(18)7-6-8-24-5/h9H,6-8,10H2,1-5H3,(H,19,23). The summed E-state index contributed by atoms with van der Waals surface area (Å²) in [6.07, 6.45) is 0.751. The largest absolute Gasteiger partial charge is 0.385 e. The number of aromatic nitrogens is 3. The number of nitrogens with zero attached hydrogens (tertiary/aromatic N) is 2. The smallest absolute Gasteiger partial charge is 0.343 e. The number of Topliss-reactive ketones (excluding diaryl/α,β-unsaturated/α-hetero) is 1. The van der Waals surface area contributed by atoms with Gasteiger partial charge in [-0.3, -0.25) is 9.36 Å². The predicted octanol–water partition coefficient (Wildman–Crippen LogP) is 3.03. The van der Waals surface area contributed by atoms with Gasteiger partial charge in [0.05, 0.1) is 0 Å². The molecule has 25 heavy (non-hydrogen) atoms. The lowest BCUT2D eigenvalue weighted by atomic mass is 9.92. The Morgan fingerprint density at radius 1 is 1.32 bits per heavy atom. The molecule has 2 aromatic rings. The second-order valence-corrected chi connectivity index (χ2v) is 7.09. The lowest BCUT2D eigenvalue weighted by Crippen LogP contribution is -2.18. The van der Waals surface area contributed by atoms with Gasteiger partial charge in [-0.15, -0.1) is 5.10 Å². The van der Waals surface area contributed by atoms with E-state index in [1.54, 1.807) is 18.6 Å². The highest BCUT2D eigenvalue weighted by Crippen LogP contribution is 2.28. The molecule has 0 aliphatic rings. The Hall–Kier alpha value is -1.86. The zero-order chi connectivity index (χ0) is 18.6. The van der Waals surface area contributed by atoms with Crippen molar-refractivity contribution in [3.8, 4) is 0 Å². The summed E-state index contributed by atoms with van der Waals surface area (Å²) in [7, 11) is 1.64. The highest BCUT2D eigenvalue weighted by Gasteiger charge is 2.16. The van der Waals surface area contributed by atoms with Crippen molar-refractivity contribution in [1.82, 2.24) is 14.8 Å². The van der Waals surface area contributed by atoms with Gasteiger partial charge >= 0.3 is 5.69 Å². The van der Waals surface area contributed by atoms with Gasteiger partial charge in [-0.05, 0) is 56.4 Å². The highest BCUT2D eigenvalue weighted by molar-refractivity contribution is 7.98. The van der Waals surface area contributed by atoms with E-state index in [2.05, 4.69) is 23.2 Å². The number of H-pyrrole nitrogens is 1. The lowest BCUT2D eigenvalue weighted by molar-refractivity contribution is 0.101. The number of hydrogen-bond acceptors (Lipinski definition) is 5. The van der Waals surface area contributed by atoms with Crippen molar-refractivity contribution in [2.75, 3.05) is 13.7 Å². The Kier molecular flexibility index (Phi) is 6.61. The molecule has 1 aromatic heterocycles. The number of aromatic amines is 1. The van der Waals surface area contributed by atoms with Crippen LogP contribution in [0.2, 0.25) is 0 Å². The summed E-state index contributed by atoms with van der Waals surface area (Å²) >= 11 is 1.50. The van der Waals surface area contributed by atoms with Crippen LogP contribution in [0.4, 0.5) is 0 Å². The molecule has 0 bridgehead atoms. The fourth-order valence-electron chi connectivity index (χ4n) is 3.10. The monoisotopic (exact) mass is 363 g/mol. The van der Waals surface area contributed by atoms with Crippen LogP contribution in [0.15, 0.2) is 16.0 Å². The molecule has 0 aliphatic heterocycles. The van der Waals surface area contributed by atoms with Crippen LogP contribution in [0.5, 0.6) is 0 Å². The first-order chi connectivity index (χ1) is 11.9. The molecule has 1 aromatic carbocycles. The third kappa shape index (κ3) is 4.41. The van der Waals surface area contributed by atoms with Gasteiger partial charge in [-0.1, -0.05) is 17.8 Å². The second kappa shape index (κ2) is 8.49. The molecule has 136 valence electrons. The SMILES string of the molecule is COCCCn1c(SCc2c(C)cc(C)c(C(C)=O)c2C)n[nH]c1=O. The van der Waals surface area contributed by atoms with Gasteiger partial charge in [-0.25, -0.2) is 9.89 Å². The molecule has 1 heterocycles. The number of nitrogens with one attached hydrogen (secondary N) is 1. The summed E-state index contributed by atoms with van der Waals surface area (Å²) in [5.41, 5.74) is 4.88. The van der Waals surface area contributed by atoms with Crippen molar-refractivity contribution in [2.24, 2.45) is 0 Å². The lowest BCUT2D eigenvalue weighted by Gasteiger charge is -2.15. The van der Waals surface area contributed by atoms with Crippen molar-refractivity contribution in [1.29, 1.82) is 0 Å². The first-order valence-corrected chi connectivity index (χ1v) is 9.23. The van der Waals surface area contributed by atoms with Crippen molar-refractivity contribution in [2.45, 2.75) is 51.6 Å². The molecule has 0 saturated carbocycles. The number of thioether (sulfide) groups is 1. The van der Waals surface area contributed by atoms with Crippen LogP contribution >= 0.6 is 11.8 Å². The predicted molar refractivity (Wildman–Crippen MR) is 99.6 cm³/mol. The van der Waals surface area contributed by atoms with Gasteiger partial charge < -0.3 is 4.74 Å². The van der Waals surface area contributed by atoms with E-state index < -0.39 is 0 Å². The third-order valence-corrected chi connectivity index (χ3v) is 5.29. The summed E-state index contributed by atoms with van der Waals surface area (Å²) in [5.74, 6) is 0.741. The van der Waals surface area contributed by atoms with Crippen LogP contribution < -0.4 is 5.69 Å². The summed E-state index contributed by atoms with van der Waals surface area (Å²) in [4.78, 5) is 23.9. The Morgan fingerprint density at radius 2 is 2.04 bits per heavy atom. The van der Waals surface area contributed by atoms with E-state index in [-0.39, 0.29) is 11.5 Å². The molecule has 1 N–H and O–H groups in total. The molecule has 2 rings (SSSR count). The van der Waals surface area contributed by atoms with Crippen LogP contribution in [0.25, 0.3) is 0 Å². The number of aryl methyl sites for hydroxylation is 2. The average Bonchev–Trinajstić information content (AvgIpc) is 2.87. The molecule has 6 nitrogen and oxygen atoms in total. The van der Waals surface area contributed by atoms with E-state index in [0.29, 0.717) is 24.1 Å². The fourth-order valence-corrected chi connectivity index (χ4v) is 4.26. The molecule has 0 unspecified atom stereocenters. The van der Waals surface area contributed by atoms with E-state index in [9.17, 15) is 9.59 Å². The topological polar surface area (TPSA) is 77.0 Å². The summed E-state index contributed by atoms with van der Waals surface area (Å²) in [5, 5.41) is 7.29. The van der Waals surface area contributed by atoms with Crippen molar-refractivity contribution in [3.63, 3.8) is 0 Å². The normalized spacial score (nSPS) is 11.1. The van der Waals surface area contributed by atoms with E-state index in [1.165, 1.54) is 11.8 Å². The van der Waals surface area contributed by atoms with Crippen molar-refractivity contribution in [3.05, 3.63) is 44.4 Å². The summed E-state index contributed by atoms with van der Waals surface area (Å²) in [6, 6.07) is 2.05. The first kappa shape index (κ1) is 19.5. The number of methoxy groups -OCH3 is 1. The number of carbonyl (C=O) groups is 1. The van der Waals surface area contributed by atoms with E-state index in [0.717, 1.165) is 34.2 Å². The molecule has 0 fully saturated rings. The van der Waals surface area contributed by atoms with Crippen LogP contribution in [0, 0.1) is 20.8 Å². The summed E-state index contributed by atoms with van der Waals surface area (Å²) < 4.78 is 6.68. The van der Waals surface area contributed by atoms with Gasteiger partial charge in [0.15, 0.2) is 10.9 Å². The van der Waals surface area contributed by atoms with E-state index in [1.807, 2.05) is 13.8 Å². The van der Waals surface area contributed by atoms with Gasteiger partial charge in [0, 0.05) is 31.6 Å². The quantitative estimate of drug-likeness (QED) is 0.443. The molecule has 7 heteroatoms. The molecule has 0 atom stereocenters. The molecular weight excluding hydrogens is 338 g/mol. The van der Waals surface area contributed by atoms with Gasteiger partial charge in [0.1, 0.15) is 0 Å². The van der Waals surface area contributed by atoms with Gasteiger partial charge in [0.25, 0.3) is 0 Å². The highest BCUT2D eigenvalue weighted by atomic mass is 32.2. The number of ketones is 1. The van der Waals surface area contributed by atoms with Crippen LogP contribution in [0.1, 0.15) is 46.0 Å². The van der Waals surface area contributed by atoms with E-state index >= 15 is 0 Å². The Labute approximate surface area is 152 Å². The maximum Gasteiger partial charge on any atom is 0.343 e. The Morgan fingerprint density at radius 3 is 2.68 bits per heavy atom. The summed E-state index contributed by atoms with van der Waals surface area (Å²) in [6.45, 7) is 8.77. The zero-order valence-electron chi connectivity index (χ0n) is 15.4. The number of carbonyl (C=O) groups excluding carboxylic acids is 1. The third-order valence-electron chi connectivity index (χ3n) is 4.28. The molecule has 0 radical (unpaired) electrons. The van der Waals surface area contributed by atoms with Crippen LogP contribution in [-0.2, 0) is 17.0 Å². The molecular formula is C18H25N3O3S. The minimum Gasteiger partial charge on any atom is -0.385 e. The van der Waals surface area contributed by atoms with Crippen LogP contribution in [-0.4, -0.2) is 34.3 Å². The Bertz CT molecular complexity index is 824. The molecule has 0 aliphatic carbocycles. The average molecular weight is 363 g/mol.